The first kappa shape index (κ1) is 16.6. The molecule has 0 atom stereocenters. The number of hydrogen-bond donors (Lipinski definition) is 2. The Morgan fingerprint density at radius 1 is 1.00 bits per heavy atom. The molecule has 0 aromatic rings. The Balaban J connectivity index is 1.50. The molecule has 23 heavy (non-hydrogen) atoms. The highest BCUT2D eigenvalue weighted by Crippen LogP contribution is 2.37. The van der Waals surface area contributed by atoms with Crippen LogP contribution in [0, 0.1) is 5.92 Å². The molecular weight excluding hydrogens is 292 g/mol. The first-order valence-electron chi connectivity index (χ1n) is 9.18. The number of carbonyl (C=O) groups is 2. The minimum Gasteiger partial charge on any atom is -0.352 e. The molecule has 0 bridgehead atoms. The second-order valence-corrected chi connectivity index (χ2v) is 7.52. The summed E-state index contributed by atoms with van der Waals surface area (Å²) in [5.41, 5.74) is 4.52. The van der Waals surface area contributed by atoms with Crippen LogP contribution in [0.4, 0.5) is 4.79 Å². The lowest BCUT2D eigenvalue weighted by atomic mass is 9.89. The highest BCUT2D eigenvalue weighted by molar-refractivity contribution is 5.93. The molecule has 6 heteroatoms. The first-order valence-corrected chi connectivity index (χ1v) is 9.18. The zero-order chi connectivity index (χ0) is 16.3. The smallest absolute Gasteiger partial charge is 0.313 e. The summed E-state index contributed by atoms with van der Waals surface area (Å²) in [4.78, 5) is 28.3. The van der Waals surface area contributed by atoms with Crippen LogP contribution in [0.2, 0.25) is 0 Å². The molecular formula is C17H30N4O2. The van der Waals surface area contributed by atoms with Gasteiger partial charge >= 0.3 is 6.03 Å². The van der Waals surface area contributed by atoms with Crippen LogP contribution in [0.25, 0.3) is 0 Å². The molecule has 0 radical (unpaired) electrons. The van der Waals surface area contributed by atoms with E-state index in [2.05, 4.69) is 10.2 Å². The number of primary amides is 1. The Bertz CT molecular complexity index is 444. The van der Waals surface area contributed by atoms with E-state index in [9.17, 15) is 9.59 Å². The zero-order valence-corrected chi connectivity index (χ0v) is 14.1. The maximum Gasteiger partial charge on any atom is 0.313 e. The molecule has 3 amide bonds. The molecule has 6 nitrogen and oxygen atoms in total. The van der Waals surface area contributed by atoms with Crippen LogP contribution in [-0.4, -0.2) is 60.0 Å². The van der Waals surface area contributed by atoms with E-state index >= 15 is 0 Å². The number of urea groups is 1. The summed E-state index contributed by atoms with van der Waals surface area (Å²) >= 11 is 0. The Kier molecular flexibility index (Phi) is 5.09. The largest absolute Gasteiger partial charge is 0.352 e. The number of hydrogen-bond acceptors (Lipinski definition) is 3. The molecule has 1 aliphatic heterocycles. The van der Waals surface area contributed by atoms with Gasteiger partial charge in [-0.2, -0.15) is 0 Å². The van der Waals surface area contributed by atoms with Gasteiger partial charge in [0.25, 0.3) is 0 Å². The van der Waals surface area contributed by atoms with E-state index in [1.54, 1.807) is 0 Å². The van der Waals surface area contributed by atoms with Crippen molar-refractivity contribution < 1.29 is 9.59 Å². The molecule has 0 aromatic heterocycles. The zero-order valence-electron chi connectivity index (χ0n) is 14.1. The molecule has 2 saturated carbocycles. The third-order valence-corrected chi connectivity index (χ3v) is 5.64. The minimum atomic E-state index is -0.690. The quantitative estimate of drug-likeness (QED) is 0.819. The van der Waals surface area contributed by atoms with Crippen LogP contribution >= 0.6 is 0 Å². The van der Waals surface area contributed by atoms with Crippen molar-refractivity contribution in [2.45, 2.75) is 56.9 Å². The van der Waals surface area contributed by atoms with Crippen molar-refractivity contribution in [2.24, 2.45) is 11.7 Å². The average molecular weight is 322 g/mol. The Morgan fingerprint density at radius 3 is 2.39 bits per heavy atom. The fourth-order valence-corrected chi connectivity index (χ4v) is 4.15. The van der Waals surface area contributed by atoms with Gasteiger partial charge in [-0.05, 0) is 44.6 Å². The standard InChI is InChI=1S/C17H30N4O2/c18-16(23)19-17(7-8-17)15(22)21-10-4-9-20(11-12-21)13-14-5-2-1-3-6-14/h14H,1-13H2,(H3,18,19,23). The van der Waals surface area contributed by atoms with Crippen molar-refractivity contribution in [3.05, 3.63) is 0 Å². The highest BCUT2D eigenvalue weighted by Gasteiger charge is 2.52. The summed E-state index contributed by atoms with van der Waals surface area (Å²) in [5, 5.41) is 2.66. The predicted molar refractivity (Wildman–Crippen MR) is 88.9 cm³/mol. The van der Waals surface area contributed by atoms with Crippen molar-refractivity contribution in [3.63, 3.8) is 0 Å². The number of nitrogens with zero attached hydrogens (tertiary/aromatic N) is 2. The summed E-state index contributed by atoms with van der Waals surface area (Å²) in [6, 6.07) is -0.593. The molecule has 0 unspecified atom stereocenters. The Labute approximate surface area is 138 Å². The van der Waals surface area contributed by atoms with E-state index in [0.29, 0.717) is 0 Å². The van der Waals surface area contributed by atoms with Crippen molar-refractivity contribution >= 4 is 11.9 Å². The number of nitrogens with one attached hydrogen (secondary N) is 1. The molecule has 3 aliphatic rings. The summed E-state index contributed by atoms with van der Waals surface area (Å²) in [7, 11) is 0. The van der Waals surface area contributed by atoms with Gasteiger partial charge in [-0.15, -0.1) is 0 Å². The van der Waals surface area contributed by atoms with Gasteiger partial charge in [0, 0.05) is 26.2 Å². The predicted octanol–water partition coefficient (Wildman–Crippen LogP) is 1.30. The highest BCUT2D eigenvalue weighted by atomic mass is 16.2. The van der Waals surface area contributed by atoms with Crippen LogP contribution in [0.5, 0.6) is 0 Å². The van der Waals surface area contributed by atoms with E-state index < -0.39 is 11.6 Å². The van der Waals surface area contributed by atoms with Crippen molar-refractivity contribution in [1.29, 1.82) is 0 Å². The van der Waals surface area contributed by atoms with Crippen LogP contribution in [0.15, 0.2) is 0 Å². The summed E-state index contributed by atoms with van der Waals surface area (Å²) in [5.74, 6) is 0.910. The van der Waals surface area contributed by atoms with Crippen molar-refractivity contribution in [2.75, 3.05) is 32.7 Å². The third-order valence-electron chi connectivity index (χ3n) is 5.64. The molecule has 3 rings (SSSR count). The number of amides is 3. The third kappa shape index (κ3) is 4.16. The monoisotopic (exact) mass is 322 g/mol. The van der Waals surface area contributed by atoms with Crippen molar-refractivity contribution in [3.8, 4) is 0 Å². The van der Waals surface area contributed by atoms with Gasteiger partial charge in [0.1, 0.15) is 5.54 Å². The SMILES string of the molecule is NC(=O)NC1(C(=O)N2CCCN(CC3CCCCC3)CC2)CC1. The van der Waals surface area contributed by atoms with Crippen LogP contribution < -0.4 is 11.1 Å². The number of rotatable bonds is 4. The normalized spacial score (nSPS) is 25.7. The fraction of sp³-hybridized carbons (Fsp3) is 0.882. The maximum atomic E-state index is 12.7. The van der Waals surface area contributed by atoms with Crippen LogP contribution in [0.3, 0.4) is 0 Å². The molecule has 1 saturated heterocycles. The Hall–Kier alpha value is -1.30. The second kappa shape index (κ2) is 7.07. The number of nitrogens with two attached hydrogens (primary N) is 1. The summed E-state index contributed by atoms with van der Waals surface area (Å²) in [6.45, 7) is 4.79. The Morgan fingerprint density at radius 2 is 1.74 bits per heavy atom. The topological polar surface area (TPSA) is 78.7 Å². The first-order chi connectivity index (χ1) is 11.1. The second-order valence-electron chi connectivity index (χ2n) is 7.52. The summed E-state index contributed by atoms with van der Waals surface area (Å²) in [6.07, 6.45) is 9.34. The van der Waals surface area contributed by atoms with E-state index in [1.165, 1.54) is 38.6 Å². The van der Waals surface area contributed by atoms with E-state index in [0.717, 1.165) is 51.4 Å². The van der Waals surface area contributed by atoms with Gasteiger partial charge in [-0.25, -0.2) is 4.79 Å². The minimum absolute atomic E-state index is 0.0656. The van der Waals surface area contributed by atoms with E-state index in [-0.39, 0.29) is 5.91 Å². The average Bonchev–Trinajstić information content (AvgIpc) is 3.32. The number of carbonyl (C=O) groups excluding carboxylic acids is 2. The molecule has 130 valence electrons. The van der Waals surface area contributed by atoms with Gasteiger partial charge in [-0.1, -0.05) is 19.3 Å². The van der Waals surface area contributed by atoms with Crippen molar-refractivity contribution in [1.82, 2.24) is 15.1 Å². The van der Waals surface area contributed by atoms with E-state index in [4.69, 9.17) is 5.73 Å². The van der Waals surface area contributed by atoms with Crippen LogP contribution in [0.1, 0.15) is 51.4 Å². The molecule has 0 spiro atoms. The molecule has 3 fully saturated rings. The molecule has 1 heterocycles. The van der Waals surface area contributed by atoms with Gasteiger partial charge in [0.15, 0.2) is 0 Å². The lowest BCUT2D eigenvalue weighted by Crippen LogP contribution is -2.52. The lowest BCUT2D eigenvalue weighted by molar-refractivity contribution is -0.134. The van der Waals surface area contributed by atoms with Gasteiger partial charge in [-0.3, -0.25) is 4.79 Å². The van der Waals surface area contributed by atoms with Gasteiger partial charge < -0.3 is 20.9 Å². The molecule has 0 aromatic carbocycles. The molecule has 2 aliphatic carbocycles. The van der Waals surface area contributed by atoms with E-state index in [1.807, 2.05) is 4.90 Å². The van der Waals surface area contributed by atoms with Gasteiger partial charge in [0.05, 0.1) is 0 Å². The van der Waals surface area contributed by atoms with Gasteiger partial charge in [0.2, 0.25) is 5.91 Å². The van der Waals surface area contributed by atoms with Crippen LogP contribution in [-0.2, 0) is 4.79 Å². The molecule has 3 N–H and O–H groups in total. The maximum absolute atomic E-state index is 12.7. The summed E-state index contributed by atoms with van der Waals surface area (Å²) < 4.78 is 0. The fourth-order valence-electron chi connectivity index (χ4n) is 4.15. The lowest BCUT2D eigenvalue weighted by Gasteiger charge is -2.29.